The normalized spacial score (nSPS) is 5.83. The number of halogens is 3. The molecule has 0 aliphatic rings. The number of rotatable bonds is 0. The van der Waals surface area contributed by atoms with Crippen LogP contribution in [0, 0.1) is 5.54 Å². The fourth-order valence-electron chi connectivity index (χ4n) is 0. The third kappa shape index (κ3) is 8.82. The number of hydrogen-bond donors (Lipinski definition) is 0. The van der Waals surface area contributed by atoms with Gasteiger partial charge in [-0.1, -0.05) is 0 Å². The molecule has 0 heterocycles. The maximum absolute atomic E-state index is 10.4. The molecule has 0 rings (SSSR count). The zero-order valence-electron chi connectivity index (χ0n) is 3.13. The molecule has 0 atom stereocenters. The fraction of sp³-hybridized carbons (Fsp3) is 0. The Morgan fingerprint density at radius 3 is 1.67 bits per heavy atom. The van der Waals surface area contributed by atoms with Crippen molar-refractivity contribution >= 4 is 11.6 Å². The minimum Gasteiger partial charge on any atom is -0.345 e. The second-order valence-electron chi connectivity index (χ2n) is 0.355. The Morgan fingerprint density at radius 1 is 1.50 bits per heavy atom. The smallest absolute Gasteiger partial charge is 0.345 e. The van der Waals surface area contributed by atoms with Crippen molar-refractivity contribution in [1.82, 2.24) is 0 Å². The molecule has 0 aromatic carbocycles. The van der Waals surface area contributed by atoms with E-state index in [9.17, 15) is 8.78 Å². The van der Waals surface area contributed by atoms with Crippen LogP contribution in [0.25, 0.3) is 0 Å². The minimum atomic E-state index is -1.98. The van der Waals surface area contributed by atoms with E-state index in [0.717, 1.165) is 5.54 Å². The summed E-state index contributed by atoms with van der Waals surface area (Å²) in [6.45, 7) is 0. The molecule has 0 aromatic heterocycles. The van der Waals surface area contributed by atoms with Crippen molar-refractivity contribution in [3.63, 3.8) is 0 Å². The second-order valence-corrected chi connectivity index (χ2v) is 0.544. The first-order chi connectivity index (χ1) is 2.27. The van der Waals surface area contributed by atoms with Gasteiger partial charge in [-0.2, -0.15) is 0 Å². The molecule has 0 nitrogen and oxygen atoms in total. The average Bonchev–Trinajstić information content (AvgIpc) is 1.38. The third-order valence-electron chi connectivity index (χ3n) is 0.0714. The van der Waals surface area contributed by atoms with E-state index in [4.69, 9.17) is 0 Å². The van der Waals surface area contributed by atoms with Crippen LogP contribution in [0.4, 0.5) is 8.78 Å². The minimum absolute atomic E-state index is 0. The number of hydrogen-bond acceptors (Lipinski definition) is 0. The van der Waals surface area contributed by atoms with E-state index in [1.54, 1.807) is 0 Å². The summed E-state index contributed by atoms with van der Waals surface area (Å²) in [4.78, 5) is 0. The van der Waals surface area contributed by atoms with Crippen molar-refractivity contribution in [3.8, 4) is 0 Å². The Labute approximate surface area is 51.3 Å². The van der Waals surface area contributed by atoms with Crippen molar-refractivity contribution in [2.24, 2.45) is 0 Å². The van der Waals surface area contributed by atoms with Crippen molar-refractivity contribution in [2.75, 3.05) is 0 Å². The molecule has 0 fully saturated rings. The van der Waals surface area contributed by atoms with Gasteiger partial charge in [0, 0.05) is 0 Å². The van der Waals surface area contributed by atoms with E-state index in [1.165, 1.54) is 0 Å². The largest absolute Gasteiger partial charge is 1.00 e. The zero-order chi connectivity index (χ0) is 4.28. The van der Waals surface area contributed by atoms with Gasteiger partial charge < -0.3 is 17.1 Å². The van der Waals surface area contributed by atoms with Gasteiger partial charge in [-0.05, 0) is 0 Å². The van der Waals surface area contributed by atoms with Crippen LogP contribution in [-0.4, -0.2) is 0 Å². The Morgan fingerprint density at radius 2 is 1.67 bits per heavy atom. The van der Waals surface area contributed by atoms with Gasteiger partial charge in [-0.25, -0.2) is 8.78 Å². The van der Waals surface area contributed by atoms with Gasteiger partial charge in [-0.15, -0.1) is 0 Å². The van der Waals surface area contributed by atoms with Crippen molar-refractivity contribution in [3.05, 3.63) is 11.6 Å². The maximum atomic E-state index is 10.4. The van der Waals surface area contributed by atoms with Crippen LogP contribution < -0.4 is 18.9 Å². The van der Waals surface area contributed by atoms with Gasteiger partial charge in [0.25, 0.3) is 0 Å². The Balaban J connectivity index is 0. The molecule has 0 bridgehead atoms. The molecule has 4 heteroatoms. The molecular weight excluding hydrogens is 104 g/mol. The maximum Gasteiger partial charge on any atom is 1.00 e. The Hall–Kier alpha value is 0.487. The van der Waals surface area contributed by atoms with Gasteiger partial charge >= 0.3 is 18.9 Å². The van der Waals surface area contributed by atoms with E-state index in [2.05, 4.69) is 11.6 Å². The predicted octanol–water partition coefficient (Wildman–Crippen LogP) is -1.23. The van der Waals surface area contributed by atoms with Crippen LogP contribution in [0.15, 0.2) is 6.08 Å². The van der Waals surface area contributed by atoms with Crippen LogP contribution in [-0.2, 0) is 0 Å². The summed E-state index contributed by atoms with van der Waals surface area (Å²) < 4.78 is 20.9. The molecule has 0 unspecified atom stereocenters. The molecule has 0 spiro atoms. The fourth-order valence-corrected chi connectivity index (χ4v) is 0. The standard InChI is InChI=1S/C2ClF2.Li/c3-1-2(4)5;/q-1;+1. The van der Waals surface area contributed by atoms with Gasteiger partial charge in [-0.3, -0.25) is 0 Å². The van der Waals surface area contributed by atoms with Gasteiger partial charge in [0.1, 0.15) is 6.08 Å². The van der Waals surface area contributed by atoms with Crippen LogP contribution in [0.3, 0.4) is 0 Å². The van der Waals surface area contributed by atoms with E-state index in [0.29, 0.717) is 0 Å². The predicted molar refractivity (Wildman–Crippen MR) is 14.8 cm³/mol. The topological polar surface area (TPSA) is 0 Å². The summed E-state index contributed by atoms with van der Waals surface area (Å²) in [5, 5.41) is 0. The Bertz CT molecular complexity index is 49.5. The molecule has 0 aromatic rings. The quantitative estimate of drug-likeness (QED) is 0.267. The first-order valence-corrected chi connectivity index (χ1v) is 1.19. The zero-order valence-corrected chi connectivity index (χ0v) is 3.89. The molecular formula is C2ClF2Li. The molecule has 0 saturated carbocycles. The van der Waals surface area contributed by atoms with Crippen LogP contribution >= 0.6 is 11.6 Å². The van der Waals surface area contributed by atoms with Crippen LogP contribution in [0.1, 0.15) is 0 Å². The molecule has 0 amide bonds. The first-order valence-electron chi connectivity index (χ1n) is 0.817. The summed E-state index contributed by atoms with van der Waals surface area (Å²) >= 11 is 4.30. The van der Waals surface area contributed by atoms with Crippen LogP contribution in [0.2, 0.25) is 0 Å². The van der Waals surface area contributed by atoms with Crippen LogP contribution in [0.5, 0.6) is 0 Å². The molecule has 0 aliphatic carbocycles. The molecule has 0 N–H and O–H groups in total. The summed E-state index contributed by atoms with van der Waals surface area (Å²) in [7, 11) is 0. The van der Waals surface area contributed by atoms with Crippen molar-refractivity contribution in [2.45, 2.75) is 0 Å². The molecule has 0 radical (unpaired) electrons. The monoisotopic (exact) mass is 104 g/mol. The Kier molecular flexibility index (Phi) is 8.87. The van der Waals surface area contributed by atoms with Gasteiger partial charge in [0.15, 0.2) is 0 Å². The average molecular weight is 104 g/mol. The second kappa shape index (κ2) is 5.49. The molecule has 6 heavy (non-hydrogen) atoms. The van der Waals surface area contributed by atoms with Crippen molar-refractivity contribution < 1.29 is 27.6 Å². The SMILES string of the molecule is FC(F)=[C-]Cl.[Li+]. The third-order valence-corrected chi connectivity index (χ3v) is 0.214. The van der Waals surface area contributed by atoms with E-state index in [1.807, 2.05) is 0 Å². The van der Waals surface area contributed by atoms with E-state index < -0.39 is 6.08 Å². The van der Waals surface area contributed by atoms with E-state index >= 15 is 0 Å². The molecule has 0 saturated heterocycles. The van der Waals surface area contributed by atoms with Gasteiger partial charge in [0.2, 0.25) is 0 Å². The van der Waals surface area contributed by atoms with Crippen molar-refractivity contribution in [1.29, 1.82) is 0 Å². The summed E-state index contributed by atoms with van der Waals surface area (Å²) in [5.74, 6) is 0. The summed E-state index contributed by atoms with van der Waals surface area (Å²) in [5.41, 5.74) is 1.08. The first kappa shape index (κ1) is 9.70. The summed E-state index contributed by atoms with van der Waals surface area (Å²) in [6.07, 6.45) is -1.98. The summed E-state index contributed by atoms with van der Waals surface area (Å²) in [6, 6.07) is 0. The van der Waals surface area contributed by atoms with E-state index in [-0.39, 0.29) is 18.9 Å². The van der Waals surface area contributed by atoms with Gasteiger partial charge in [0.05, 0.1) is 0 Å². The molecule has 30 valence electrons. The molecule has 0 aliphatic heterocycles.